The second-order valence-electron chi connectivity index (χ2n) is 11.8. The number of nitrogens with zero attached hydrogens (tertiary/aromatic N) is 2. The molecule has 2 aliphatic heterocycles. The summed E-state index contributed by atoms with van der Waals surface area (Å²) >= 11 is 0. The van der Waals surface area contributed by atoms with Gasteiger partial charge >= 0.3 is 0 Å². The summed E-state index contributed by atoms with van der Waals surface area (Å²) in [7, 11) is 0. The number of hydrogen-bond acceptors (Lipinski definition) is 4. The fourth-order valence-electron chi connectivity index (χ4n) is 6.35. The van der Waals surface area contributed by atoms with Crippen molar-refractivity contribution >= 4 is 11.8 Å². The summed E-state index contributed by atoms with van der Waals surface area (Å²) < 4.78 is 0. The lowest BCUT2D eigenvalue weighted by Gasteiger charge is -2.55. The minimum atomic E-state index is -0.135. The highest BCUT2D eigenvalue weighted by molar-refractivity contribution is 6.02. The molecule has 0 spiro atoms. The van der Waals surface area contributed by atoms with Crippen LogP contribution >= 0.6 is 0 Å². The molecule has 0 saturated carbocycles. The Morgan fingerprint density at radius 3 is 1.76 bits per heavy atom. The van der Waals surface area contributed by atoms with Gasteiger partial charge in [0.1, 0.15) is 0 Å². The fraction of sp³-hybridized carbons (Fsp3) is 0.929. The summed E-state index contributed by atoms with van der Waals surface area (Å²) in [4.78, 5) is 33.3. The van der Waals surface area contributed by atoms with Crippen molar-refractivity contribution in [1.82, 2.24) is 9.96 Å². The van der Waals surface area contributed by atoms with E-state index in [1.165, 1.54) is 51.4 Å². The third-order valence-corrected chi connectivity index (χ3v) is 7.62. The van der Waals surface area contributed by atoms with Crippen molar-refractivity contribution < 1.29 is 14.4 Å². The molecule has 0 aromatic carbocycles. The van der Waals surface area contributed by atoms with Crippen LogP contribution in [0, 0.1) is 5.92 Å². The Morgan fingerprint density at radius 1 is 0.788 bits per heavy atom. The number of piperidine rings is 1. The van der Waals surface area contributed by atoms with Crippen molar-refractivity contribution in [2.45, 2.75) is 155 Å². The second kappa shape index (κ2) is 13.2. The molecule has 0 aromatic rings. The molecule has 2 rings (SSSR count). The van der Waals surface area contributed by atoms with Crippen molar-refractivity contribution in [3.8, 4) is 0 Å². The van der Waals surface area contributed by atoms with E-state index in [0.29, 0.717) is 18.8 Å². The zero-order valence-electron chi connectivity index (χ0n) is 22.6. The van der Waals surface area contributed by atoms with E-state index in [1.807, 2.05) is 0 Å². The van der Waals surface area contributed by atoms with Gasteiger partial charge in [0.25, 0.3) is 0 Å². The van der Waals surface area contributed by atoms with Gasteiger partial charge in [0.05, 0.1) is 6.61 Å². The van der Waals surface area contributed by atoms with Gasteiger partial charge in [0, 0.05) is 30.0 Å². The number of carbonyl (C=O) groups is 2. The molecule has 5 heteroatoms. The van der Waals surface area contributed by atoms with E-state index in [-0.39, 0.29) is 28.9 Å². The van der Waals surface area contributed by atoms with Crippen LogP contribution in [0.1, 0.15) is 138 Å². The molecule has 2 aliphatic rings. The lowest BCUT2D eigenvalue weighted by atomic mass is 9.71. The zero-order chi connectivity index (χ0) is 24.5. The van der Waals surface area contributed by atoms with Crippen LogP contribution < -0.4 is 0 Å². The van der Waals surface area contributed by atoms with Crippen molar-refractivity contribution in [3.05, 3.63) is 0 Å². The molecule has 5 nitrogen and oxygen atoms in total. The third-order valence-electron chi connectivity index (χ3n) is 7.62. The number of carbonyl (C=O) groups excluding carboxylic acids is 2. The lowest BCUT2D eigenvalue weighted by Crippen LogP contribution is -2.63. The van der Waals surface area contributed by atoms with Crippen LogP contribution in [0.4, 0.5) is 0 Å². The predicted octanol–water partition coefficient (Wildman–Crippen LogP) is 7.04. The largest absolute Gasteiger partial charge is 0.298 e. The minimum absolute atomic E-state index is 0.0314. The van der Waals surface area contributed by atoms with Gasteiger partial charge in [-0.25, -0.2) is 0 Å². The zero-order valence-corrected chi connectivity index (χ0v) is 22.6. The molecule has 0 bridgehead atoms. The maximum Gasteiger partial charge on any atom is 0.229 e. The van der Waals surface area contributed by atoms with E-state index in [0.717, 1.165) is 38.7 Å². The second-order valence-corrected chi connectivity index (χ2v) is 11.8. The average molecular weight is 465 g/mol. The number of unbranched alkanes of at least 4 members (excludes halogenated alkanes) is 8. The number of likely N-dealkylation sites (tertiary alicyclic amines) is 1. The van der Waals surface area contributed by atoms with Crippen molar-refractivity contribution in [3.63, 3.8) is 0 Å². The van der Waals surface area contributed by atoms with Gasteiger partial charge in [-0.15, -0.1) is 0 Å². The van der Waals surface area contributed by atoms with Crippen LogP contribution in [0.5, 0.6) is 0 Å². The Balaban J connectivity index is 2.01. The van der Waals surface area contributed by atoms with Gasteiger partial charge in [-0.3, -0.25) is 19.3 Å². The molecule has 0 radical (unpaired) electrons. The first kappa shape index (κ1) is 28.3. The summed E-state index contributed by atoms with van der Waals surface area (Å²) in [6, 6.07) is 0.0314. The Bertz CT molecular complexity index is 582. The summed E-state index contributed by atoms with van der Waals surface area (Å²) in [6.07, 6.45) is 16.2. The van der Waals surface area contributed by atoms with Gasteiger partial charge in [0.2, 0.25) is 11.8 Å². The Kier molecular flexibility index (Phi) is 11.3. The molecule has 0 aliphatic carbocycles. The van der Waals surface area contributed by atoms with Crippen LogP contribution in [0.3, 0.4) is 0 Å². The molecule has 0 N–H and O–H groups in total. The van der Waals surface area contributed by atoms with E-state index in [2.05, 4.69) is 46.6 Å². The Hall–Kier alpha value is -0.940. The Morgan fingerprint density at radius 2 is 1.27 bits per heavy atom. The van der Waals surface area contributed by atoms with Gasteiger partial charge in [-0.1, -0.05) is 71.6 Å². The number of imide groups is 1. The SMILES string of the molecule is CCCCCCCCCCCC(C1CC(C)(C)N(OCCC)C(C)(C)C1)N1C(=O)CCC1=O. The molecule has 33 heavy (non-hydrogen) atoms. The quantitative estimate of drug-likeness (QED) is 0.193. The molecule has 2 heterocycles. The number of rotatable bonds is 15. The highest BCUT2D eigenvalue weighted by atomic mass is 16.7. The highest BCUT2D eigenvalue weighted by Crippen LogP contribution is 2.45. The fourth-order valence-corrected chi connectivity index (χ4v) is 6.35. The molecule has 2 saturated heterocycles. The molecule has 2 fully saturated rings. The summed E-state index contributed by atoms with van der Waals surface area (Å²) in [5, 5.41) is 2.20. The molecular weight excluding hydrogens is 412 g/mol. The number of hydrogen-bond donors (Lipinski definition) is 0. The smallest absolute Gasteiger partial charge is 0.229 e. The summed E-state index contributed by atoms with van der Waals surface area (Å²) in [5.74, 6) is 0.402. The van der Waals surface area contributed by atoms with Crippen LogP contribution in [0.25, 0.3) is 0 Å². The van der Waals surface area contributed by atoms with Crippen molar-refractivity contribution in [1.29, 1.82) is 0 Å². The van der Waals surface area contributed by atoms with E-state index < -0.39 is 0 Å². The van der Waals surface area contributed by atoms with Crippen LogP contribution in [0.2, 0.25) is 0 Å². The van der Waals surface area contributed by atoms with Crippen molar-refractivity contribution in [2.75, 3.05) is 6.61 Å². The highest BCUT2D eigenvalue weighted by Gasteiger charge is 2.50. The van der Waals surface area contributed by atoms with E-state index in [9.17, 15) is 9.59 Å². The minimum Gasteiger partial charge on any atom is -0.298 e. The van der Waals surface area contributed by atoms with E-state index >= 15 is 0 Å². The monoisotopic (exact) mass is 464 g/mol. The van der Waals surface area contributed by atoms with Gasteiger partial charge in [-0.2, -0.15) is 5.06 Å². The first-order chi connectivity index (χ1) is 15.6. The van der Waals surface area contributed by atoms with Crippen molar-refractivity contribution in [2.24, 2.45) is 5.92 Å². The topological polar surface area (TPSA) is 49.9 Å². The molecule has 0 aromatic heterocycles. The third kappa shape index (κ3) is 8.06. The standard InChI is InChI=1S/C28H52N2O3/c1-7-9-10-11-12-13-14-15-16-17-24(29-25(31)18-19-26(29)32)23-21-27(3,4)30(33-20-8-2)28(5,6)22-23/h23-24H,7-22H2,1-6H3. The molecule has 1 unspecified atom stereocenters. The van der Waals surface area contributed by atoms with Gasteiger partial charge in [-0.05, 0) is 59.3 Å². The average Bonchev–Trinajstić information content (AvgIpc) is 3.06. The maximum atomic E-state index is 12.7. The Labute approximate surface area is 203 Å². The molecule has 192 valence electrons. The van der Waals surface area contributed by atoms with Crippen LogP contribution in [0.15, 0.2) is 0 Å². The number of amides is 2. The summed E-state index contributed by atoms with van der Waals surface area (Å²) in [6.45, 7) is 14.1. The summed E-state index contributed by atoms with van der Waals surface area (Å²) in [5.41, 5.74) is -0.270. The van der Waals surface area contributed by atoms with Gasteiger partial charge < -0.3 is 0 Å². The number of hydroxylamine groups is 2. The van der Waals surface area contributed by atoms with E-state index in [1.54, 1.807) is 4.90 Å². The molecule has 1 atom stereocenters. The van der Waals surface area contributed by atoms with Crippen LogP contribution in [-0.2, 0) is 14.4 Å². The maximum absolute atomic E-state index is 12.7. The predicted molar refractivity (Wildman–Crippen MR) is 136 cm³/mol. The van der Waals surface area contributed by atoms with Crippen LogP contribution in [-0.4, -0.2) is 45.5 Å². The van der Waals surface area contributed by atoms with Gasteiger partial charge in [0.15, 0.2) is 0 Å². The first-order valence-electron chi connectivity index (χ1n) is 13.9. The van der Waals surface area contributed by atoms with E-state index in [4.69, 9.17) is 4.84 Å². The normalized spacial score (nSPS) is 22.3. The lowest BCUT2D eigenvalue weighted by molar-refractivity contribution is -0.290. The first-order valence-corrected chi connectivity index (χ1v) is 13.9. The molecule has 2 amide bonds. The molecular formula is C28H52N2O3.